The lowest BCUT2D eigenvalue weighted by molar-refractivity contribution is 0.0677. The molecule has 0 spiro atoms. The smallest absolute Gasteiger partial charge is 0.123 e. The fraction of sp³-hybridized carbons (Fsp3) is 0.733. The molecule has 0 bridgehead atoms. The minimum atomic E-state index is -0.135. The number of ether oxygens (including phenoxy) is 1. The normalized spacial score (nSPS) is 20.7. The summed E-state index contributed by atoms with van der Waals surface area (Å²) in [6, 6.07) is 5.47. The fourth-order valence-electron chi connectivity index (χ4n) is 4.92. The summed E-state index contributed by atoms with van der Waals surface area (Å²) in [4.78, 5) is 0. The summed E-state index contributed by atoms with van der Waals surface area (Å²) in [6.45, 7) is 14.0. The number of fused-ring (bicyclic) bond motifs is 1. The molecule has 0 aliphatic carbocycles. The molecule has 0 fully saturated rings. The van der Waals surface area contributed by atoms with E-state index in [-0.39, 0.29) is 5.60 Å². The summed E-state index contributed by atoms with van der Waals surface area (Å²) in [5.74, 6) is 3.86. The van der Waals surface area contributed by atoms with Crippen molar-refractivity contribution < 1.29 is 9.84 Å². The summed E-state index contributed by atoms with van der Waals surface area (Å²) in [7, 11) is 0. The van der Waals surface area contributed by atoms with Crippen molar-refractivity contribution in [2.24, 2.45) is 17.8 Å². The number of hydrogen-bond donors (Lipinski definition) is 1. The highest BCUT2D eigenvalue weighted by molar-refractivity contribution is 5.41. The van der Waals surface area contributed by atoms with Crippen molar-refractivity contribution in [1.82, 2.24) is 0 Å². The first-order chi connectivity index (χ1) is 15.2. The number of phenols is 1. The van der Waals surface area contributed by atoms with Crippen LogP contribution in [-0.4, -0.2) is 10.7 Å². The molecule has 2 heteroatoms. The van der Waals surface area contributed by atoms with Gasteiger partial charge in [-0.15, -0.1) is 0 Å². The standard InChI is InChI=1S/C30H50O2/c1-23(2)10-7-11-24(3)12-8-13-25(4)14-9-15-26(5)18-20-30(6)21-19-27-22-28(31)16-17-29(27)32-30/h16-18,22-25,31H,7-15,19-21H2,1-6H3/t24-,25-,30?/m1/s1. The lowest BCUT2D eigenvalue weighted by Gasteiger charge is -2.35. The first-order valence-electron chi connectivity index (χ1n) is 13.3. The lowest BCUT2D eigenvalue weighted by atomic mass is 9.88. The third-order valence-corrected chi connectivity index (χ3v) is 7.35. The topological polar surface area (TPSA) is 29.5 Å². The Labute approximate surface area is 198 Å². The third-order valence-electron chi connectivity index (χ3n) is 7.35. The maximum Gasteiger partial charge on any atom is 0.123 e. The van der Waals surface area contributed by atoms with Crippen LogP contribution in [0.3, 0.4) is 0 Å². The number of hydrogen-bond acceptors (Lipinski definition) is 2. The minimum Gasteiger partial charge on any atom is -0.508 e. The van der Waals surface area contributed by atoms with Crippen LogP contribution in [0, 0.1) is 17.8 Å². The first kappa shape index (κ1) is 26.8. The zero-order chi connectivity index (χ0) is 23.6. The van der Waals surface area contributed by atoms with Crippen LogP contribution in [-0.2, 0) is 6.42 Å². The van der Waals surface area contributed by atoms with E-state index < -0.39 is 0 Å². The van der Waals surface area contributed by atoms with Crippen LogP contribution >= 0.6 is 0 Å². The Bertz CT molecular complexity index is 705. The predicted octanol–water partition coefficient (Wildman–Crippen LogP) is 9.25. The van der Waals surface area contributed by atoms with Gasteiger partial charge in [-0.2, -0.15) is 0 Å². The summed E-state index contributed by atoms with van der Waals surface area (Å²) in [6.07, 6.45) is 17.6. The van der Waals surface area contributed by atoms with Gasteiger partial charge in [0.25, 0.3) is 0 Å². The molecule has 3 atom stereocenters. The van der Waals surface area contributed by atoms with E-state index in [0.29, 0.717) is 5.75 Å². The molecule has 32 heavy (non-hydrogen) atoms. The van der Waals surface area contributed by atoms with E-state index in [1.54, 1.807) is 6.07 Å². The van der Waals surface area contributed by atoms with Gasteiger partial charge in [-0.1, -0.05) is 84.3 Å². The van der Waals surface area contributed by atoms with Crippen molar-refractivity contribution >= 4 is 0 Å². The Kier molecular flexibility index (Phi) is 11.2. The van der Waals surface area contributed by atoms with E-state index in [2.05, 4.69) is 47.6 Å². The molecule has 0 radical (unpaired) electrons. The van der Waals surface area contributed by atoms with Gasteiger partial charge in [0.2, 0.25) is 0 Å². The lowest BCUT2D eigenvalue weighted by Crippen LogP contribution is -2.35. The molecular weight excluding hydrogens is 392 g/mol. The van der Waals surface area contributed by atoms with E-state index >= 15 is 0 Å². The molecule has 1 aliphatic rings. The van der Waals surface area contributed by atoms with E-state index in [1.807, 2.05) is 12.1 Å². The fourth-order valence-corrected chi connectivity index (χ4v) is 4.92. The van der Waals surface area contributed by atoms with Crippen molar-refractivity contribution in [1.29, 1.82) is 0 Å². The molecule has 0 amide bonds. The van der Waals surface area contributed by atoms with Gasteiger partial charge in [-0.05, 0) is 81.0 Å². The highest BCUT2D eigenvalue weighted by Crippen LogP contribution is 2.37. The zero-order valence-electron chi connectivity index (χ0n) is 21.9. The quantitative estimate of drug-likeness (QED) is 0.291. The Hall–Kier alpha value is -1.44. The second-order valence-corrected chi connectivity index (χ2v) is 11.5. The van der Waals surface area contributed by atoms with E-state index in [1.165, 1.54) is 63.4 Å². The minimum absolute atomic E-state index is 0.135. The molecule has 0 saturated carbocycles. The predicted molar refractivity (Wildman–Crippen MR) is 139 cm³/mol. The van der Waals surface area contributed by atoms with E-state index in [4.69, 9.17) is 4.74 Å². The summed E-state index contributed by atoms with van der Waals surface area (Å²) >= 11 is 0. The molecular formula is C30H50O2. The highest BCUT2D eigenvalue weighted by atomic mass is 16.5. The van der Waals surface area contributed by atoms with Crippen LogP contribution in [0.4, 0.5) is 0 Å². The molecule has 0 saturated heterocycles. The van der Waals surface area contributed by atoms with Crippen molar-refractivity contribution in [2.75, 3.05) is 0 Å². The Morgan fingerprint density at radius 1 is 1.00 bits per heavy atom. The second kappa shape index (κ2) is 13.3. The maximum atomic E-state index is 9.67. The van der Waals surface area contributed by atoms with Gasteiger partial charge in [0.1, 0.15) is 17.1 Å². The van der Waals surface area contributed by atoms with Gasteiger partial charge in [-0.25, -0.2) is 0 Å². The van der Waals surface area contributed by atoms with Gasteiger partial charge < -0.3 is 9.84 Å². The summed E-state index contributed by atoms with van der Waals surface area (Å²) in [5.41, 5.74) is 2.49. The molecule has 2 nitrogen and oxygen atoms in total. The van der Waals surface area contributed by atoms with E-state index in [0.717, 1.165) is 48.3 Å². The van der Waals surface area contributed by atoms with Crippen LogP contribution in [0.5, 0.6) is 11.5 Å². The van der Waals surface area contributed by atoms with Gasteiger partial charge in [-0.3, -0.25) is 0 Å². The van der Waals surface area contributed by atoms with Crippen molar-refractivity contribution in [3.63, 3.8) is 0 Å². The number of rotatable bonds is 14. The Balaban J connectivity index is 1.61. The Morgan fingerprint density at radius 2 is 1.62 bits per heavy atom. The molecule has 1 N–H and O–H groups in total. The third kappa shape index (κ3) is 10.0. The molecule has 2 rings (SSSR count). The molecule has 1 aromatic carbocycles. The van der Waals surface area contributed by atoms with Crippen LogP contribution in [0.25, 0.3) is 0 Å². The second-order valence-electron chi connectivity index (χ2n) is 11.5. The van der Waals surface area contributed by atoms with Crippen LogP contribution in [0.1, 0.15) is 118 Å². The van der Waals surface area contributed by atoms with Crippen LogP contribution in [0.2, 0.25) is 0 Å². The average Bonchev–Trinajstić information content (AvgIpc) is 2.72. The number of phenolic OH excluding ortho intramolecular Hbond substituents is 1. The number of benzene rings is 1. The largest absolute Gasteiger partial charge is 0.508 e. The molecule has 1 aromatic rings. The SMILES string of the molecule is CC(=CCC1(C)CCc2cc(O)ccc2O1)CCC[C@H](C)CCC[C@H](C)CCCC(C)C. The number of aromatic hydroxyl groups is 1. The van der Waals surface area contributed by atoms with Gasteiger partial charge in [0.05, 0.1) is 0 Å². The highest BCUT2D eigenvalue weighted by Gasteiger charge is 2.30. The molecule has 1 aliphatic heterocycles. The maximum absolute atomic E-state index is 9.67. The van der Waals surface area contributed by atoms with Gasteiger partial charge in [0, 0.05) is 6.42 Å². The van der Waals surface area contributed by atoms with Gasteiger partial charge >= 0.3 is 0 Å². The average molecular weight is 443 g/mol. The zero-order valence-corrected chi connectivity index (χ0v) is 21.9. The van der Waals surface area contributed by atoms with Crippen molar-refractivity contribution in [3.05, 3.63) is 35.4 Å². The molecule has 0 aromatic heterocycles. The number of aryl methyl sites for hydroxylation is 1. The van der Waals surface area contributed by atoms with Crippen LogP contribution < -0.4 is 4.74 Å². The van der Waals surface area contributed by atoms with Crippen LogP contribution in [0.15, 0.2) is 29.8 Å². The van der Waals surface area contributed by atoms with Gasteiger partial charge in [0.15, 0.2) is 0 Å². The molecule has 182 valence electrons. The van der Waals surface area contributed by atoms with E-state index in [9.17, 15) is 5.11 Å². The molecule has 1 heterocycles. The Morgan fingerprint density at radius 3 is 2.28 bits per heavy atom. The summed E-state index contributed by atoms with van der Waals surface area (Å²) < 4.78 is 6.31. The van der Waals surface area contributed by atoms with Crippen molar-refractivity contribution in [2.45, 2.75) is 124 Å². The van der Waals surface area contributed by atoms with Crippen molar-refractivity contribution in [3.8, 4) is 11.5 Å². The summed E-state index contributed by atoms with van der Waals surface area (Å²) in [5, 5.41) is 9.67. The first-order valence-corrected chi connectivity index (χ1v) is 13.3. The number of allylic oxidation sites excluding steroid dienone is 1. The molecule has 1 unspecified atom stereocenters. The monoisotopic (exact) mass is 442 g/mol.